The number of benzene rings is 1. The lowest BCUT2D eigenvalue weighted by atomic mass is 10.3. The topological polar surface area (TPSA) is 49.9 Å². The number of hydrogen-bond donors (Lipinski definition) is 0. The van der Waals surface area contributed by atoms with Gasteiger partial charge in [-0.25, -0.2) is 8.42 Å². The summed E-state index contributed by atoms with van der Waals surface area (Å²) in [5.41, 5.74) is 0. The van der Waals surface area contributed by atoms with Crippen molar-refractivity contribution in [3.05, 3.63) is 22.7 Å². The van der Waals surface area contributed by atoms with Crippen LogP contribution in [0.3, 0.4) is 0 Å². The Morgan fingerprint density at radius 1 is 1.25 bits per heavy atom. The summed E-state index contributed by atoms with van der Waals surface area (Å²) in [6.07, 6.45) is 0. The van der Waals surface area contributed by atoms with Gasteiger partial charge in [0.15, 0.2) is 0 Å². The van der Waals surface area contributed by atoms with Gasteiger partial charge in [-0.05, 0) is 32.2 Å². The highest BCUT2D eigenvalue weighted by molar-refractivity contribution is 9.10. The average molecular weight is 363 g/mol. The first kappa shape index (κ1) is 15.8. The number of ether oxygens (including phenoxy) is 1. The van der Waals surface area contributed by atoms with Gasteiger partial charge < -0.3 is 9.64 Å². The van der Waals surface area contributed by atoms with E-state index in [0.717, 1.165) is 17.6 Å². The van der Waals surface area contributed by atoms with Gasteiger partial charge in [-0.2, -0.15) is 4.31 Å². The molecule has 0 spiro atoms. The van der Waals surface area contributed by atoms with E-state index >= 15 is 0 Å². The van der Waals surface area contributed by atoms with E-state index < -0.39 is 10.0 Å². The number of rotatable bonds is 4. The second kappa shape index (κ2) is 6.43. The molecule has 1 aliphatic rings. The number of sulfonamides is 1. The quantitative estimate of drug-likeness (QED) is 0.819. The molecule has 1 heterocycles. The Kier molecular flexibility index (Phi) is 5.06. The summed E-state index contributed by atoms with van der Waals surface area (Å²) in [5, 5.41) is 0. The highest BCUT2D eigenvalue weighted by atomic mass is 79.9. The summed E-state index contributed by atoms with van der Waals surface area (Å²) in [6, 6.07) is 5.09. The maximum atomic E-state index is 12.7. The van der Waals surface area contributed by atoms with Gasteiger partial charge in [0.25, 0.3) is 0 Å². The SMILES string of the molecule is CCOc1ccc(Br)cc1S(=O)(=O)N1CCN(C)CC1. The molecule has 5 nitrogen and oxygen atoms in total. The monoisotopic (exact) mass is 362 g/mol. The van der Waals surface area contributed by atoms with Crippen LogP contribution in [-0.4, -0.2) is 57.5 Å². The van der Waals surface area contributed by atoms with Gasteiger partial charge in [0.2, 0.25) is 10.0 Å². The third-order valence-electron chi connectivity index (χ3n) is 3.29. The van der Waals surface area contributed by atoms with E-state index in [1.165, 1.54) is 4.31 Å². The average Bonchev–Trinajstić information content (AvgIpc) is 2.41. The summed E-state index contributed by atoms with van der Waals surface area (Å²) >= 11 is 3.33. The van der Waals surface area contributed by atoms with Crippen LogP contribution >= 0.6 is 15.9 Å². The van der Waals surface area contributed by atoms with Gasteiger partial charge in [0.05, 0.1) is 6.61 Å². The molecule has 0 bridgehead atoms. The Morgan fingerprint density at radius 3 is 2.50 bits per heavy atom. The maximum absolute atomic E-state index is 12.7. The third-order valence-corrected chi connectivity index (χ3v) is 5.70. The van der Waals surface area contributed by atoms with Crippen LogP contribution in [0.5, 0.6) is 5.75 Å². The Morgan fingerprint density at radius 2 is 1.90 bits per heavy atom. The summed E-state index contributed by atoms with van der Waals surface area (Å²) in [6.45, 7) is 4.80. The number of halogens is 1. The van der Waals surface area contributed by atoms with Crippen molar-refractivity contribution in [2.75, 3.05) is 39.8 Å². The number of piperazine rings is 1. The third kappa shape index (κ3) is 3.33. The van der Waals surface area contributed by atoms with Crippen molar-refractivity contribution in [1.82, 2.24) is 9.21 Å². The van der Waals surface area contributed by atoms with Gasteiger partial charge in [-0.15, -0.1) is 0 Å². The smallest absolute Gasteiger partial charge is 0.246 e. The number of likely N-dealkylation sites (N-methyl/N-ethyl adjacent to an activating group) is 1. The molecule has 2 rings (SSSR count). The Hall–Kier alpha value is -0.630. The summed E-state index contributed by atoms with van der Waals surface area (Å²) in [4.78, 5) is 2.36. The Balaban J connectivity index is 2.35. The minimum absolute atomic E-state index is 0.235. The summed E-state index contributed by atoms with van der Waals surface area (Å²) < 4.78 is 33.2. The number of nitrogens with zero attached hydrogens (tertiary/aromatic N) is 2. The van der Waals surface area contributed by atoms with Crippen LogP contribution in [0.15, 0.2) is 27.6 Å². The molecule has 0 unspecified atom stereocenters. The zero-order chi connectivity index (χ0) is 14.8. The molecular weight excluding hydrogens is 344 g/mol. The van der Waals surface area contributed by atoms with Gasteiger partial charge in [-0.1, -0.05) is 15.9 Å². The lowest BCUT2D eigenvalue weighted by Crippen LogP contribution is -2.47. The first-order valence-corrected chi connectivity index (χ1v) is 8.79. The van der Waals surface area contributed by atoms with E-state index in [-0.39, 0.29) is 4.90 Å². The van der Waals surface area contributed by atoms with Crippen molar-refractivity contribution < 1.29 is 13.2 Å². The fourth-order valence-electron chi connectivity index (χ4n) is 2.13. The molecule has 0 radical (unpaired) electrons. The fourth-order valence-corrected chi connectivity index (χ4v) is 4.22. The van der Waals surface area contributed by atoms with E-state index in [1.807, 2.05) is 14.0 Å². The van der Waals surface area contributed by atoms with Crippen molar-refractivity contribution in [2.24, 2.45) is 0 Å². The van der Waals surface area contributed by atoms with Crippen molar-refractivity contribution in [3.8, 4) is 5.75 Å². The normalized spacial score (nSPS) is 18.1. The van der Waals surface area contributed by atoms with Crippen LogP contribution in [0, 0.1) is 0 Å². The first-order valence-electron chi connectivity index (χ1n) is 6.56. The van der Waals surface area contributed by atoms with Crippen molar-refractivity contribution in [1.29, 1.82) is 0 Å². The number of hydrogen-bond acceptors (Lipinski definition) is 4. The molecule has 1 saturated heterocycles. The van der Waals surface area contributed by atoms with Crippen LogP contribution in [-0.2, 0) is 10.0 Å². The molecule has 0 saturated carbocycles. The molecule has 1 aromatic carbocycles. The van der Waals surface area contributed by atoms with Gasteiger partial charge in [0.1, 0.15) is 10.6 Å². The predicted octanol–water partition coefficient (Wildman–Crippen LogP) is 1.78. The summed E-state index contributed by atoms with van der Waals surface area (Å²) in [7, 11) is -1.51. The molecule has 1 aliphatic heterocycles. The standard InChI is InChI=1S/C13H19BrN2O3S/c1-3-19-12-5-4-11(14)10-13(12)20(17,18)16-8-6-15(2)7-9-16/h4-5,10H,3,6-9H2,1-2H3. The van der Waals surface area contributed by atoms with Crippen LogP contribution in [0.25, 0.3) is 0 Å². The zero-order valence-electron chi connectivity index (χ0n) is 11.7. The molecule has 0 aromatic heterocycles. The maximum Gasteiger partial charge on any atom is 0.246 e. The van der Waals surface area contributed by atoms with Gasteiger partial charge >= 0.3 is 0 Å². The van der Waals surface area contributed by atoms with Crippen LogP contribution in [0.4, 0.5) is 0 Å². The molecular formula is C13H19BrN2O3S. The van der Waals surface area contributed by atoms with E-state index in [0.29, 0.717) is 25.4 Å². The van der Waals surface area contributed by atoms with Gasteiger partial charge in [-0.3, -0.25) is 0 Å². The first-order chi connectivity index (χ1) is 9.45. The second-order valence-corrected chi connectivity index (χ2v) is 7.55. The van der Waals surface area contributed by atoms with E-state index in [4.69, 9.17) is 4.74 Å². The minimum atomic E-state index is -3.51. The summed E-state index contributed by atoms with van der Waals surface area (Å²) in [5.74, 6) is 0.412. The second-order valence-electron chi connectivity index (χ2n) is 4.73. The Labute approximate surface area is 128 Å². The molecule has 112 valence electrons. The molecule has 0 aliphatic carbocycles. The van der Waals surface area contributed by atoms with E-state index in [2.05, 4.69) is 20.8 Å². The molecule has 1 aromatic rings. The molecule has 7 heteroatoms. The van der Waals surface area contributed by atoms with E-state index in [1.54, 1.807) is 18.2 Å². The molecule has 1 fully saturated rings. The van der Waals surface area contributed by atoms with E-state index in [9.17, 15) is 8.42 Å². The predicted molar refractivity (Wildman–Crippen MR) is 81.6 cm³/mol. The van der Waals surface area contributed by atoms with Crippen molar-refractivity contribution >= 4 is 26.0 Å². The minimum Gasteiger partial charge on any atom is -0.492 e. The highest BCUT2D eigenvalue weighted by Crippen LogP contribution is 2.30. The lowest BCUT2D eigenvalue weighted by Gasteiger charge is -2.31. The van der Waals surface area contributed by atoms with Gasteiger partial charge in [0, 0.05) is 30.7 Å². The lowest BCUT2D eigenvalue weighted by molar-refractivity contribution is 0.222. The Bertz CT molecular complexity index is 569. The molecule has 0 atom stereocenters. The molecule has 0 amide bonds. The van der Waals surface area contributed by atoms with Crippen LogP contribution < -0.4 is 4.74 Å². The fraction of sp³-hybridized carbons (Fsp3) is 0.538. The van der Waals surface area contributed by atoms with Crippen molar-refractivity contribution in [3.63, 3.8) is 0 Å². The van der Waals surface area contributed by atoms with Crippen LogP contribution in [0.2, 0.25) is 0 Å². The zero-order valence-corrected chi connectivity index (χ0v) is 14.1. The largest absolute Gasteiger partial charge is 0.492 e. The van der Waals surface area contributed by atoms with Crippen LogP contribution in [0.1, 0.15) is 6.92 Å². The molecule has 20 heavy (non-hydrogen) atoms. The van der Waals surface area contributed by atoms with Crippen molar-refractivity contribution in [2.45, 2.75) is 11.8 Å². The molecule has 0 N–H and O–H groups in total. The highest BCUT2D eigenvalue weighted by Gasteiger charge is 2.30.